The fourth-order valence-corrected chi connectivity index (χ4v) is 1.72. The lowest BCUT2D eigenvalue weighted by molar-refractivity contribution is -0.147. The third-order valence-electron chi connectivity index (χ3n) is 1.59. The molecule has 2 atom stereocenters. The minimum absolute atomic E-state index is 0.0236. The molecule has 2 N–H and O–H groups in total. The molecule has 0 saturated carbocycles. The van der Waals surface area contributed by atoms with E-state index in [9.17, 15) is 13.2 Å². The molecule has 6 nitrogen and oxygen atoms in total. The van der Waals surface area contributed by atoms with Crippen molar-refractivity contribution in [3.05, 3.63) is 0 Å². The zero-order chi connectivity index (χ0) is 9.35. The fraction of sp³-hybridized carbons (Fsp3) is 0.800. The minimum atomic E-state index is -4.25. The maximum absolute atomic E-state index is 10.4. The predicted octanol–water partition coefficient (Wildman–Crippen LogP) is -0.536. The molecule has 1 aliphatic heterocycles. The SMILES string of the molecule is O=C(O)[C@@H]1CC[C@H](S(=O)(=O)O)O1. The highest BCUT2D eigenvalue weighted by Gasteiger charge is 2.37. The van der Waals surface area contributed by atoms with Gasteiger partial charge in [0.2, 0.25) is 0 Å². The van der Waals surface area contributed by atoms with Gasteiger partial charge in [0.25, 0.3) is 10.1 Å². The molecule has 1 fully saturated rings. The van der Waals surface area contributed by atoms with E-state index in [2.05, 4.69) is 4.74 Å². The van der Waals surface area contributed by atoms with E-state index in [1.165, 1.54) is 0 Å². The molecule has 0 bridgehead atoms. The Bertz CT molecular complexity index is 280. The summed E-state index contributed by atoms with van der Waals surface area (Å²) >= 11 is 0. The summed E-state index contributed by atoms with van der Waals surface area (Å²) in [6.45, 7) is 0. The van der Waals surface area contributed by atoms with Crippen LogP contribution in [0.4, 0.5) is 0 Å². The molecule has 0 aliphatic carbocycles. The Hall–Kier alpha value is -0.660. The Morgan fingerprint density at radius 3 is 2.25 bits per heavy atom. The van der Waals surface area contributed by atoms with Crippen molar-refractivity contribution in [2.24, 2.45) is 0 Å². The van der Waals surface area contributed by atoms with Crippen LogP contribution in [0.25, 0.3) is 0 Å². The van der Waals surface area contributed by atoms with Crippen molar-refractivity contribution in [1.29, 1.82) is 0 Å². The number of hydrogen-bond donors (Lipinski definition) is 2. The molecular formula is C5H8O6S. The summed E-state index contributed by atoms with van der Waals surface area (Å²) in [5.41, 5.74) is -1.38. The fourth-order valence-electron chi connectivity index (χ4n) is 1.01. The highest BCUT2D eigenvalue weighted by Crippen LogP contribution is 2.22. The first kappa shape index (κ1) is 9.43. The van der Waals surface area contributed by atoms with E-state index >= 15 is 0 Å². The highest BCUT2D eigenvalue weighted by atomic mass is 32.2. The molecule has 1 heterocycles. The monoisotopic (exact) mass is 196 g/mol. The van der Waals surface area contributed by atoms with E-state index in [0.717, 1.165) is 0 Å². The summed E-state index contributed by atoms with van der Waals surface area (Å²) in [5.74, 6) is -1.21. The summed E-state index contributed by atoms with van der Waals surface area (Å²) < 4.78 is 33.9. The van der Waals surface area contributed by atoms with Gasteiger partial charge in [-0.3, -0.25) is 4.55 Å². The van der Waals surface area contributed by atoms with Crippen LogP contribution in [0.1, 0.15) is 12.8 Å². The van der Waals surface area contributed by atoms with Gasteiger partial charge in [-0.1, -0.05) is 0 Å². The standard InChI is InChI=1S/C5H8O6S/c6-5(7)3-1-2-4(11-3)12(8,9)10/h3-4H,1-2H2,(H,6,7)(H,8,9,10)/t3-,4-/m0/s1. The second-order valence-corrected chi connectivity index (χ2v) is 4.04. The van der Waals surface area contributed by atoms with Crippen LogP contribution in [0, 0.1) is 0 Å². The lowest BCUT2D eigenvalue weighted by Gasteiger charge is -2.06. The van der Waals surface area contributed by atoms with Gasteiger partial charge in [-0.25, -0.2) is 4.79 Å². The molecule has 0 aromatic rings. The van der Waals surface area contributed by atoms with Crippen LogP contribution < -0.4 is 0 Å². The number of carbonyl (C=O) groups is 1. The molecule has 1 aliphatic rings. The van der Waals surface area contributed by atoms with Crippen molar-refractivity contribution in [3.8, 4) is 0 Å². The van der Waals surface area contributed by atoms with Crippen LogP contribution in [0.3, 0.4) is 0 Å². The van der Waals surface area contributed by atoms with Crippen LogP contribution in [-0.4, -0.2) is 35.6 Å². The second kappa shape index (κ2) is 3.00. The molecule has 0 amide bonds. The first-order valence-corrected chi connectivity index (χ1v) is 4.76. The van der Waals surface area contributed by atoms with E-state index in [1.807, 2.05) is 0 Å². The van der Waals surface area contributed by atoms with Crippen LogP contribution in [0.15, 0.2) is 0 Å². The van der Waals surface area contributed by atoms with Crippen LogP contribution >= 0.6 is 0 Å². The zero-order valence-corrected chi connectivity index (χ0v) is 6.82. The average Bonchev–Trinajstić information content (AvgIpc) is 2.30. The van der Waals surface area contributed by atoms with Gasteiger partial charge < -0.3 is 9.84 Å². The van der Waals surface area contributed by atoms with E-state index in [-0.39, 0.29) is 12.8 Å². The molecule has 0 aromatic carbocycles. The van der Waals surface area contributed by atoms with Crippen molar-refractivity contribution < 1.29 is 27.6 Å². The van der Waals surface area contributed by atoms with Crippen LogP contribution in [0.2, 0.25) is 0 Å². The summed E-state index contributed by atoms with van der Waals surface area (Å²) in [6.07, 6.45) is -0.979. The van der Waals surface area contributed by atoms with Crippen molar-refractivity contribution >= 4 is 16.1 Å². The lowest BCUT2D eigenvalue weighted by atomic mass is 10.2. The summed E-state index contributed by atoms with van der Waals surface area (Å²) in [4.78, 5) is 10.3. The smallest absolute Gasteiger partial charge is 0.332 e. The number of rotatable bonds is 2. The molecular weight excluding hydrogens is 188 g/mol. The molecule has 0 spiro atoms. The van der Waals surface area contributed by atoms with Gasteiger partial charge in [-0.2, -0.15) is 8.42 Å². The Morgan fingerprint density at radius 2 is 2.00 bits per heavy atom. The molecule has 0 unspecified atom stereocenters. The van der Waals surface area contributed by atoms with Gasteiger partial charge in [-0.15, -0.1) is 0 Å². The number of aliphatic carboxylic acids is 1. The molecule has 70 valence electrons. The highest BCUT2D eigenvalue weighted by molar-refractivity contribution is 7.86. The molecule has 1 rings (SSSR count). The predicted molar refractivity (Wildman–Crippen MR) is 37.1 cm³/mol. The van der Waals surface area contributed by atoms with Crippen molar-refractivity contribution in [2.75, 3.05) is 0 Å². The van der Waals surface area contributed by atoms with E-state index < -0.39 is 27.6 Å². The van der Waals surface area contributed by atoms with Gasteiger partial charge in [0.15, 0.2) is 11.5 Å². The summed E-state index contributed by atoms with van der Waals surface area (Å²) in [7, 11) is -4.25. The quantitative estimate of drug-likeness (QED) is 0.575. The van der Waals surface area contributed by atoms with Crippen LogP contribution in [0.5, 0.6) is 0 Å². The summed E-state index contributed by atoms with van der Waals surface area (Å²) in [6, 6.07) is 0. The van der Waals surface area contributed by atoms with Gasteiger partial charge in [0.1, 0.15) is 0 Å². The second-order valence-electron chi connectivity index (χ2n) is 2.48. The van der Waals surface area contributed by atoms with E-state index in [4.69, 9.17) is 9.66 Å². The molecule has 1 saturated heterocycles. The topological polar surface area (TPSA) is 101 Å². The number of carboxylic acids is 1. The first-order chi connectivity index (χ1) is 5.41. The zero-order valence-electron chi connectivity index (χ0n) is 6.00. The third-order valence-corrected chi connectivity index (χ3v) is 2.60. The molecule has 0 aromatic heterocycles. The Balaban J connectivity index is 2.64. The normalized spacial score (nSPS) is 30.4. The van der Waals surface area contributed by atoms with Crippen LogP contribution in [-0.2, 0) is 19.6 Å². The van der Waals surface area contributed by atoms with Gasteiger partial charge in [0, 0.05) is 0 Å². The molecule has 12 heavy (non-hydrogen) atoms. The Morgan fingerprint density at radius 1 is 1.42 bits per heavy atom. The average molecular weight is 196 g/mol. The largest absolute Gasteiger partial charge is 0.479 e. The number of carboxylic acid groups (broad SMARTS) is 1. The third kappa shape index (κ3) is 1.93. The number of hydrogen-bond acceptors (Lipinski definition) is 4. The van der Waals surface area contributed by atoms with Gasteiger partial charge >= 0.3 is 5.97 Å². The van der Waals surface area contributed by atoms with E-state index in [1.54, 1.807) is 0 Å². The number of ether oxygens (including phenoxy) is 1. The summed E-state index contributed by atoms with van der Waals surface area (Å²) in [5, 5.41) is 8.40. The Kier molecular flexibility index (Phi) is 2.36. The van der Waals surface area contributed by atoms with Gasteiger partial charge in [-0.05, 0) is 12.8 Å². The maximum Gasteiger partial charge on any atom is 0.332 e. The first-order valence-electron chi connectivity index (χ1n) is 3.26. The van der Waals surface area contributed by atoms with Crippen molar-refractivity contribution in [3.63, 3.8) is 0 Å². The maximum atomic E-state index is 10.4. The van der Waals surface area contributed by atoms with Gasteiger partial charge in [0.05, 0.1) is 0 Å². The van der Waals surface area contributed by atoms with Crippen molar-refractivity contribution in [2.45, 2.75) is 24.4 Å². The van der Waals surface area contributed by atoms with Crippen molar-refractivity contribution in [1.82, 2.24) is 0 Å². The lowest BCUT2D eigenvalue weighted by Crippen LogP contribution is -2.24. The molecule has 7 heteroatoms. The molecule has 0 radical (unpaired) electrons. The minimum Gasteiger partial charge on any atom is -0.479 e. The Labute approximate surface area is 68.9 Å². The van der Waals surface area contributed by atoms with E-state index in [0.29, 0.717) is 0 Å².